The summed E-state index contributed by atoms with van der Waals surface area (Å²) in [7, 11) is 0. The van der Waals surface area contributed by atoms with Gasteiger partial charge in [-0.1, -0.05) is 75.5 Å². The third kappa shape index (κ3) is 4.55. The zero-order valence-electron chi connectivity index (χ0n) is 10.6. The summed E-state index contributed by atoms with van der Waals surface area (Å²) in [6.07, 6.45) is 1.10. The van der Waals surface area contributed by atoms with Gasteiger partial charge >= 0.3 is 0 Å². The smallest absolute Gasteiger partial charge is 0.101 e. The summed E-state index contributed by atoms with van der Waals surface area (Å²) in [6, 6.07) is 0. The van der Waals surface area contributed by atoms with Crippen molar-refractivity contribution in [3.63, 3.8) is 0 Å². The molecule has 0 saturated carbocycles. The van der Waals surface area contributed by atoms with Gasteiger partial charge in [0.15, 0.2) is 0 Å². The molecule has 0 rings (SSSR count). The minimum absolute atomic E-state index is 0.364. The Labute approximate surface area is 155 Å². The van der Waals surface area contributed by atoms with E-state index >= 15 is 0 Å². The van der Waals surface area contributed by atoms with Crippen molar-refractivity contribution >= 4 is 94.2 Å². The van der Waals surface area contributed by atoms with Crippen LogP contribution in [0.2, 0.25) is 0 Å². The van der Waals surface area contributed by atoms with Crippen LogP contribution >= 0.6 is 94.2 Å². The molecule has 0 amide bonds. The predicted octanol–water partition coefficient (Wildman–Crippen LogP) is 7.64. The molecule has 0 saturated heterocycles. The number of hydrogen-bond donors (Lipinski definition) is 0. The van der Waals surface area contributed by atoms with Gasteiger partial charge in [0, 0.05) is 11.3 Å². The van der Waals surface area contributed by atoms with Crippen LogP contribution in [-0.2, 0) is 0 Å². The van der Waals surface area contributed by atoms with Gasteiger partial charge in [0.1, 0.15) is 10.8 Å². The SMILES string of the molecule is CCC(Cl)(Cl)C(C(Cl)(Cl)CC)C(C)(C)C(Br)(Br)Br. The fraction of sp³-hybridized carbons (Fsp3) is 1.00. The summed E-state index contributed by atoms with van der Waals surface area (Å²) in [5.41, 5.74) is -0.452. The summed E-state index contributed by atoms with van der Waals surface area (Å²) < 4.78 is -2.62. The van der Waals surface area contributed by atoms with E-state index in [1.54, 1.807) is 0 Å². The first-order chi connectivity index (χ1) is 7.74. The van der Waals surface area contributed by atoms with Crippen LogP contribution in [0.15, 0.2) is 0 Å². The van der Waals surface area contributed by atoms with E-state index in [2.05, 4.69) is 47.8 Å². The fourth-order valence-electron chi connectivity index (χ4n) is 1.94. The average molecular weight is 531 g/mol. The summed E-state index contributed by atoms with van der Waals surface area (Å²) in [5, 5.41) is 0. The van der Waals surface area contributed by atoms with Crippen molar-refractivity contribution in [1.82, 2.24) is 0 Å². The van der Waals surface area contributed by atoms with Crippen molar-refractivity contribution in [3.05, 3.63) is 0 Å². The highest BCUT2D eigenvalue weighted by Gasteiger charge is 2.59. The average Bonchev–Trinajstić information content (AvgIpc) is 2.14. The largest absolute Gasteiger partial charge is 0.140 e. The first-order valence-electron chi connectivity index (χ1n) is 5.56. The summed E-state index contributed by atoms with van der Waals surface area (Å²) >= 11 is 36.5. The van der Waals surface area contributed by atoms with Crippen molar-refractivity contribution < 1.29 is 0 Å². The maximum Gasteiger partial charge on any atom is 0.140 e. The second-order valence-corrected chi connectivity index (χ2v) is 14.7. The van der Waals surface area contributed by atoms with Crippen molar-refractivity contribution in [2.45, 2.75) is 51.3 Å². The van der Waals surface area contributed by atoms with Crippen molar-refractivity contribution in [1.29, 1.82) is 0 Å². The lowest BCUT2D eigenvalue weighted by molar-refractivity contribution is 0.179. The Balaban J connectivity index is 5.80. The van der Waals surface area contributed by atoms with Crippen molar-refractivity contribution in [2.75, 3.05) is 0 Å². The van der Waals surface area contributed by atoms with Gasteiger partial charge in [-0.3, -0.25) is 0 Å². The summed E-state index contributed by atoms with van der Waals surface area (Å²) in [6.45, 7) is 7.84. The highest BCUT2D eigenvalue weighted by molar-refractivity contribution is 9.39. The highest BCUT2D eigenvalue weighted by atomic mass is 80.0. The predicted molar refractivity (Wildman–Crippen MR) is 96.2 cm³/mol. The van der Waals surface area contributed by atoms with E-state index in [4.69, 9.17) is 46.4 Å². The molecule has 110 valence electrons. The van der Waals surface area contributed by atoms with Crippen LogP contribution in [0.4, 0.5) is 0 Å². The van der Waals surface area contributed by atoms with Crippen LogP contribution in [-0.4, -0.2) is 10.8 Å². The first-order valence-corrected chi connectivity index (χ1v) is 9.45. The van der Waals surface area contributed by atoms with Gasteiger partial charge in [0.25, 0.3) is 0 Å². The fourth-order valence-corrected chi connectivity index (χ4v) is 4.68. The van der Waals surface area contributed by atoms with Gasteiger partial charge < -0.3 is 0 Å². The third-order valence-corrected chi connectivity index (χ3v) is 8.25. The van der Waals surface area contributed by atoms with Gasteiger partial charge in [-0.05, 0) is 12.8 Å². The molecule has 0 atom stereocenters. The van der Waals surface area contributed by atoms with E-state index in [1.807, 2.05) is 27.7 Å². The Morgan fingerprint density at radius 3 is 1.28 bits per heavy atom. The Morgan fingerprint density at radius 1 is 0.833 bits per heavy atom. The molecule has 0 bridgehead atoms. The van der Waals surface area contributed by atoms with E-state index in [-0.39, 0.29) is 5.92 Å². The maximum atomic E-state index is 6.47. The Kier molecular flexibility index (Phi) is 7.77. The number of alkyl halides is 7. The van der Waals surface area contributed by atoms with E-state index in [0.717, 1.165) is 0 Å². The van der Waals surface area contributed by atoms with Crippen LogP contribution in [0.1, 0.15) is 40.5 Å². The molecule has 0 radical (unpaired) electrons. The van der Waals surface area contributed by atoms with Crippen molar-refractivity contribution in [3.8, 4) is 0 Å². The van der Waals surface area contributed by atoms with Crippen LogP contribution in [0.3, 0.4) is 0 Å². The van der Waals surface area contributed by atoms with Gasteiger partial charge in [-0.2, -0.15) is 0 Å². The molecule has 0 N–H and O–H groups in total. The normalized spacial score (nSPS) is 15.3. The minimum Gasteiger partial charge on any atom is -0.101 e. The molecule has 0 aromatic carbocycles. The molecule has 0 unspecified atom stereocenters. The zero-order chi connectivity index (χ0) is 15.0. The van der Waals surface area contributed by atoms with Crippen LogP contribution in [0.5, 0.6) is 0 Å². The molecule has 7 heteroatoms. The quantitative estimate of drug-likeness (QED) is 0.321. The van der Waals surface area contributed by atoms with Gasteiger partial charge in [0.05, 0.1) is 0 Å². The monoisotopic (exact) mass is 526 g/mol. The first kappa shape index (κ1) is 20.6. The molecule has 0 aliphatic rings. The molecule has 0 aromatic heterocycles. The molecule has 0 aromatic rings. The number of hydrogen-bond acceptors (Lipinski definition) is 0. The van der Waals surface area contributed by atoms with E-state index in [0.29, 0.717) is 12.8 Å². The minimum atomic E-state index is -1.02. The molecule has 18 heavy (non-hydrogen) atoms. The number of rotatable bonds is 5. The number of halogens is 7. The summed E-state index contributed by atoms with van der Waals surface area (Å²) in [5.74, 6) is -0.364. The van der Waals surface area contributed by atoms with Crippen molar-refractivity contribution in [2.24, 2.45) is 11.3 Å². The van der Waals surface area contributed by atoms with E-state index in [1.165, 1.54) is 0 Å². The molecule has 0 aliphatic carbocycles. The summed E-state index contributed by atoms with van der Waals surface area (Å²) in [4.78, 5) is 0. The zero-order valence-corrected chi connectivity index (χ0v) is 18.4. The van der Waals surface area contributed by atoms with E-state index < -0.39 is 16.2 Å². The lowest BCUT2D eigenvalue weighted by atomic mass is 9.74. The van der Waals surface area contributed by atoms with Gasteiger partial charge in [0.2, 0.25) is 0 Å². The maximum absolute atomic E-state index is 6.47. The lowest BCUT2D eigenvalue weighted by Crippen LogP contribution is -2.52. The Bertz CT molecular complexity index is 269. The third-order valence-electron chi connectivity index (χ3n) is 3.24. The molecular weight excluding hydrogens is 514 g/mol. The van der Waals surface area contributed by atoms with E-state index in [9.17, 15) is 0 Å². The molecule has 0 heterocycles. The second-order valence-electron chi connectivity index (χ2n) is 4.88. The Morgan fingerprint density at radius 2 is 1.11 bits per heavy atom. The second kappa shape index (κ2) is 6.79. The molecule has 0 nitrogen and oxygen atoms in total. The standard InChI is InChI=1S/C11H17Br3Cl4/c1-5-9(15,16)7(10(17,18)6-2)8(3,4)11(12,13)14/h7H,5-6H2,1-4H3. The van der Waals surface area contributed by atoms with Crippen LogP contribution in [0, 0.1) is 11.3 Å². The Hall–Kier alpha value is 2.60. The molecule has 0 spiro atoms. The van der Waals surface area contributed by atoms with Crippen LogP contribution < -0.4 is 0 Å². The molecular formula is C11H17Br3Cl4. The molecule has 0 fully saturated rings. The topological polar surface area (TPSA) is 0 Å². The van der Waals surface area contributed by atoms with Gasteiger partial charge in [-0.25, -0.2) is 0 Å². The van der Waals surface area contributed by atoms with Crippen LogP contribution in [0.25, 0.3) is 0 Å². The van der Waals surface area contributed by atoms with Gasteiger partial charge in [-0.15, -0.1) is 46.4 Å². The molecule has 0 aliphatic heterocycles. The highest BCUT2D eigenvalue weighted by Crippen LogP contribution is 2.63. The lowest BCUT2D eigenvalue weighted by Gasteiger charge is -2.50.